The molecule has 24 heavy (non-hydrogen) atoms. The normalized spacial score (nSPS) is 16.9. The van der Waals surface area contributed by atoms with E-state index in [0.29, 0.717) is 18.7 Å². The molecule has 2 heterocycles. The molecule has 1 N–H and O–H groups in total. The van der Waals surface area contributed by atoms with E-state index >= 15 is 0 Å². The molecule has 1 saturated heterocycles. The average Bonchev–Trinajstić information content (AvgIpc) is 2.64. The lowest BCUT2D eigenvalue weighted by molar-refractivity contribution is 0.0472. The van der Waals surface area contributed by atoms with Gasteiger partial charge in [-0.25, -0.2) is 4.98 Å². The molecule has 0 aromatic carbocycles. The Morgan fingerprint density at radius 1 is 1.21 bits per heavy atom. The molecule has 0 spiro atoms. The summed E-state index contributed by atoms with van der Waals surface area (Å²) >= 11 is 0. The van der Waals surface area contributed by atoms with E-state index in [9.17, 15) is 9.90 Å². The second kappa shape index (κ2) is 8.99. The highest BCUT2D eigenvalue weighted by Crippen LogP contribution is 2.15. The summed E-state index contributed by atoms with van der Waals surface area (Å²) in [7, 11) is 0. The Labute approximate surface area is 145 Å². The molecule has 1 amide bonds. The van der Waals surface area contributed by atoms with Gasteiger partial charge >= 0.3 is 0 Å². The number of nitrogens with zero attached hydrogens (tertiary/aromatic N) is 4. The zero-order chi connectivity index (χ0) is 17.5. The molecule has 1 aliphatic heterocycles. The number of hydrogen-bond acceptors (Lipinski definition) is 5. The summed E-state index contributed by atoms with van der Waals surface area (Å²) in [5.74, 6) is 0.959. The van der Waals surface area contributed by atoms with Gasteiger partial charge in [-0.1, -0.05) is 6.92 Å². The Kier molecular flexibility index (Phi) is 6.99. The van der Waals surface area contributed by atoms with Crippen molar-refractivity contribution in [3.63, 3.8) is 0 Å². The van der Waals surface area contributed by atoms with E-state index < -0.39 is 0 Å². The minimum atomic E-state index is 0.0466. The third kappa shape index (κ3) is 4.24. The predicted octanol–water partition coefficient (Wildman–Crippen LogP) is 1.46. The van der Waals surface area contributed by atoms with E-state index in [1.807, 2.05) is 17.0 Å². The van der Waals surface area contributed by atoms with Gasteiger partial charge in [0.2, 0.25) is 0 Å². The molecule has 1 atom stereocenters. The number of anilines is 1. The van der Waals surface area contributed by atoms with Crippen molar-refractivity contribution in [1.29, 1.82) is 0 Å². The van der Waals surface area contributed by atoms with Crippen LogP contribution in [0.25, 0.3) is 0 Å². The topological polar surface area (TPSA) is 59.9 Å². The van der Waals surface area contributed by atoms with E-state index in [0.717, 1.165) is 38.4 Å². The van der Waals surface area contributed by atoms with Crippen LogP contribution in [-0.4, -0.2) is 77.7 Å². The van der Waals surface area contributed by atoms with Gasteiger partial charge in [-0.3, -0.25) is 9.69 Å². The van der Waals surface area contributed by atoms with Crippen molar-refractivity contribution in [1.82, 2.24) is 14.8 Å². The molecular weight excluding hydrogens is 304 g/mol. The Bertz CT molecular complexity index is 504. The Morgan fingerprint density at radius 3 is 2.33 bits per heavy atom. The highest BCUT2D eigenvalue weighted by Gasteiger charge is 2.25. The van der Waals surface area contributed by atoms with Crippen LogP contribution in [0.5, 0.6) is 0 Å². The molecule has 6 heteroatoms. The quantitative estimate of drug-likeness (QED) is 0.818. The summed E-state index contributed by atoms with van der Waals surface area (Å²) in [6, 6.07) is 4.00. The van der Waals surface area contributed by atoms with E-state index in [1.165, 1.54) is 0 Å². The SMILES string of the molecule is CCC(CO)N1CCN(C(=O)c2ccc(N(CC)CC)nc2)CC1. The van der Waals surface area contributed by atoms with Crippen molar-refractivity contribution < 1.29 is 9.90 Å². The van der Waals surface area contributed by atoms with Crippen molar-refractivity contribution in [2.45, 2.75) is 33.2 Å². The molecule has 0 saturated carbocycles. The fraction of sp³-hybridized carbons (Fsp3) is 0.667. The molecule has 2 rings (SSSR count). The first kappa shape index (κ1) is 18.7. The van der Waals surface area contributed by atoms with E-state index in [2.05, 4.69) is 35.6 Å². The maximum absolute atomic E-state index is 12.6. The second-order valence-electron chi connectivity index (χ2n) is 6.15. The largest absolute Gasteiger partial charge is 0.395 e. The lowest BCUT2D eigenvalue weighted by Crippen LogP contribution is -2.52. The van der Waals surface area contributed by atoms with Gasteiger partial charge in [-0.15, -0.1) is 0 Å². The summed E-state index contributed by atoms with van der Waals surface area (Å²) in [6.07, 6.45) is 2.62. The van der Waals surface area contributed by atoms with Gasteiger partial charge in [-0.05, 0) is 32.4 Å². The molecule has 6 nitrogen and oxygen atoms in total. The molecular formula is C18H30N4O2. The van der Waals surface area contributed by atoms with Crippen LogP contribution in [0.15, 0.2) is 18.3 Å². The van der Waals surface area contributed by atoms with Gasteiger partial charge in [0.1, 0.15) is 5.82 Å². The van der Waals surface area contributed by atoms with Crippen LogP contribution in [-0.2, 0) is 0 Å². The third-order valence-corrected chi connectivity index (χ3v) is 4.88. The molecule has 134 valence electrons. The average molecular weight is 334 g/mol. The number of carbonyl (C=O) groups excluding carboxylic acids is 1. The van der Waals surface area contributed by atoms with Crippen LogP contribution in [0, 0.1) is 0 Å². The monoisotopic (exact) mass is 334 g/mol. The minimum Gasteiger partial charge on any atom is -0.395 e. The smallest absolute Gasteiger partial charge is 0.255 e. The van der Waals surface area contributed by atoms with Crippen LogP contribution >= 0.6 is 0 Å². The van der Waals surface area contributed by atoms with Gasteiger partial charge in [0.05, 0.1) is 12.2 Å². The highest BCUT2D eigenvalue weighted by molar-refractivity contribution is 5.94. The molecule has 0 aliphatic carbocycles. The van der Waals surface area contributed by atoms with Gasteiger partial charge < -0.3 is 14.9 Å². The van der Waals surface area contributed by atoms with Gasteiger partial charge in [0, 0.05) is 51.5 Å². The summed E-state index contributed by atoms with van der Waals surface area (Å²) < 4.78 is 0. The van der Waals surface area contributed by atoms with Crippen molar-refractivity contribution in [2.75, 3.05) is 50.8 Å². The third-order valence-electron chi connectivity index (χ3n) is 4.88. The first-order valence-corrected chi connectivity index (χ1v) is 8.99. The van der Waals surface area contributed by atoms with E-state index in [4.69, 9.17) is 0 Å². The summed E-state index contributed by atoms with van der Waals surface area (Å²) in [4.78, 5) is 23.4. The van der Waals surface area contributed by atoms with Gasteiger partial charge in [0.25, 0.3) is 5.91 Å². The summed E-state index contributed by atoms with van der Waals surface area (Å²) in [6.45, 7) is 11.3. The number of amides is 1. The molecule has 0 bridgehead atoms. The van der Waals surface area contributed by atoms with Crippen molar-refractivity contribution in [3.8, 4) is 0 Å². The number of aliphatic hydroxyl groups excluding tert-OH is 1. The van der Waals surface area contributed by atoms with Crippen LogP contribution in [0.2, 0.25) is 0 Å². The van der Waals surface area contributed by atoms with E-state index in [-0.39, 0.29) is 18.6 Å². The van der Waals surface area contributed by atoms with Crippen LogP contribution < -0.4 is 4.90 Å². The van der Waals surface area contributed by atoms with Crippen LogP contribution in [0.1, 0.15) is 37.6 Å². The van der Waals surface area contributed by atoms with Crippen molar-refractivity contribution >= 4 is 11.7 Å². The lowest BCUT2D eigenvalue weighted by Gasteiger charge is -2.38. The fourth-order valence-electron chi connectivity index (χ4n) is 3.22. The molecule has 1 unspecified atom stereocenters. The Hall–Kier alpha value is -1.66. The molecule has 1 aromatic rings. The zero-order valence-corrected chi connectivity index (χ0v) is 15.1. The Morgan fingerprint density at radius 2 is 1.88 bits per heavy atom. The number of aromatic nitrogens is 1. The van der Waals surface area contributed by atoms with Gasteiger partial charge in [-0.2, -0.15) is 0 Å². The number of rotatable bonds is 7. The number of piperazine rings is 1. The van der Waals surface area contributed by atoms with Crippen LogP contribution in [0.3, 0.4) is 0 Å². The lowest BCUT2D eigenvalue weighted by atomic mass is 10.1. The maximum atomic E-state index is 12.6. The summed E-state index contributed by atoms with van der Waals surface area (Å²) in [5, 5.41) is 9.41. The first-order chi connectivity index (χ1) is 11.6. The van der Waals surface area contributed by atoms with E-state index in [1.54, 1.807) is 6.20 Å². The van der Waals surface area contributed by atoms with Crippen molar-refractivity contribution in [3.05, 3.63) is 23.9 Å². The molecule has 0 radical (unpaired) electrons. The van der Waals surface area contributed by atoms with Gasteiger partial charge in [0.15, 0.2) is 0 Å². The number of pyridine rings is 1. The fourth-order valence-corrected chi connectivity index (χ4v) is 3.22. The molecule has 1 aromatic heterocycles. The summed E-state index contributed by atoms with van der Waals surface area (Å²) in [5.41, 5.74) is 0.647. The van der Waals surface area contributed by atoms with Crippen LogP contribution in [0.4, 0.5) is 5.82 Å². The highest BCUT2D eigenvalue weighted by atomic mass is 16.3. The molecule has 1 aliphatic rings. The zero-order valence-electron chi connectivity index (χ0n) is 15.1. The predicted molar refractivity (Wildman–Crippen MR) is 96.4 cm³/mol. The number of aliphatic hydroxyl groups is 1. The van der Waals surface area contributed by atoms with Crippen molar-refractivity contribution in [2.24, 2.45) is 0 Å². The number of carbonyl (C=O) groups is 1. The first-order valence-electron chi connectivity index (χ1n) is 8.99. The Balaban J connectivity index is 1.95. The number of hydrogen-bond donors (Lipinski definition) is 1. The second-order valence-corrected chi connectivity index (χ2v) is 6.15. The maximum Gasteiger partial charge on any atom is 0.255 e. The molecule has 1 fully saturated rings. The minimum absolute atomic E-state index is 0.0466. The standard InChI is InChI=1S/C18H30N4O2/c1-4-16(14-23)21-9-11-22(12-10-21)18(24)15-7-8-17(19-13-15)20(5-2)6-3/h7-8,13,16,23H,4-6,9-12,14H2,1-3H3.